The number of hydrogen-bond donors (Lipinski definition) is 3. The summed E-state index contributed by atoms with van der Waals surface area (Å²) in [5.74, 6) is 0.196. The molecule has 0 amide bonds. The van der Waals surface area contributed by atoms with E-state index in [4.69, 9.17) is 19.3 Å². The summed E-state index contributed by atoms with van der Waals surface area (Å²) >= 11 is 0. The summed E-state index contributed by atoms with van der Waals surface area (Å²) in [5, 5.41) is 19.0. The number of nitrogens with one attached hydrogen (secondary N) is 1. The topological polar surface area (TPSA) is 120 Å². The van der Waals surface area contributed by atoms with E-state index in [1.165, 1.54) is 6.07 Å². The number of rotatable bonds is 15. The van der Waals surface area contributed by atoms with Crippen molar-refractivity contribution in [2.24, 2.45) is 5.14 Å². The molecule has 36 heavy (non-hydrogen) atoms. The molecule has 0 saturated heterocycles. The van der Waals surface area contributed by atoms with Crippen LogP contribution in [0.1, 0.15) is 68.7 Å². The van der Waals surface area contributed by atoms with Crippen LogP contribution in [0.3, 0.4) is 0 Å². The first-order valence-corrected chi connectivity index (χ1v) is 14.2. The highest BCUT2D eigenvalue weighted by Gasteiger charge is 2.27. The van der Waals surface area contributed by atoms with E-state index in [2.05, 4.69) is 5.32 Å². The fourth-order valence-corrected chi connectivity index (χ4v) is 4.67. The fourth-order valence-electron chi connectivity index (χ4n) is 4.09. The number of aliphatic hydroxyl groups is 1. The Morgan fingerprint density at radius 3 is 2.67 bits per heavy atom. The Balaban J connectivity index is 1.18. The van der Waals surface area contributed by atoms with Crippen LogP contribution in [-0.2, 0) is 32.5 Å². The molecule has 0 bridgehead atoms. The number of benzene rings is 2. The third-order valence-corrected chi connectivity index (χ3v) is 7.02. The van der Waals surface area contributed by atoms with E-state index in [0.29, 0.717) is 19.8 Å². The van der Waals surface area contributed by atoms with Gasteiger partial charge in [0.2, 0.25) is 15.8 Å². The van der Waals surface area contributed by atoms with Gasteiger partial charge in [-0.05, 0) is 67.6 Å². The van der Waals surface area contributed by atoms with Crippen molar-refractivity contribution >= 4 is 10.0 Å². The first kappa shape index (κ1) is 28.6. The molecular formula is C27H40N2O6S. The second-order valence-electron chi connectivity index (χ2n) is 9.70. The monoisotopic (exact) mass is 520 g/mol. The lowest BCUT2D eigenvalue weighted by molar-refractivity contribution is -0.180. The molecule has 2 aromatic carbocycles. The number of aryl methyl sites for hydroxylation is 1. The van der Waals surface area contributed by atoms with Gasteiger partial charge in [-0.15, -0.1) is 0 Å². The van der Waals surface area contributed by atoms with E-state index < -0.39 is 21.9 Å². The van der Waals surface area contributed by atoms with E-state index in [0.717, 1.165) is 74.1 Å². The molecule has 1 atom stereocenters. The van der Waals surface area contributed by atoms with Crippen molar-refractivity contribution in [3.05, 3.63) is 59.2 Å². The SMILES string of the molecule is CC1(C)OCc2cc([C@H](O)CNCCCCCCOCCCc3cccc(S(N)(=O)=O)c3)ccc2O1. The molecule has 8 nitrogen and oxygen atoms in total. The molecular weight excluding hydrogens is 480 g/mol. The summed E-state index contributed by atoms with van der Waals surface area (Å²) in [4.78, 5) is 0.151. The van der Waals surface area contributed by atoms with E-state index in [1.54, 1.807) is 12.1 Å². The standard InChI is InChI=1S/C27H40N2O6S/c1-27(2)34-20-23-18-22(12-13-26(23)35-27)25(30)19-29-14-5-3-4-6-15-33-16-8-10-21-9-7-11-24(17-21)36(28,31)32/h7,9,11-13,17-18,25,29-30H,3-6,8,10,14-16,19-20H2,1-2H3,(H2,28,31,32)/t25-/m1/s1. The molecule has 0 aliphatic carbocycles. The molecule has 0 aromatic heterocycles. The minimum absolute atomic E-state index is 0.151. The lowest BCUT2D eigenvalue weighted by atomic mass is 10.0. The zero-order chi connectivity index (χ0) is 26.0. The maximum absolute atomic E-state index is 11.4. The number of unbranched alkanes of at least 4 members (excludes halogenated alkanes) is 3. The largest absolute Gasteiger partial charge is 0.463 e. The average Bonchev–Trinajstić information content (AvgIpc) is 2.83. The third kappa shape index (κ3) is 9.46. The van der Waals surface area contributed by atoms with Crippen LogP contribution in [-0.4, -0.2) is 45.6 Å². The summed E-state index contributed by atoms with van der Waals surface area (Å²) in [6, 6.07) is 12.5. The molecule has 9 heteroatoms. The third-order valence-electron chi connectivity index (χ3n) is 6.11. The molecule has 0 unspecified atom stereocenters. The van der Waals surface area contributed by atoms with Crippen LogP contribution in [0.4, 0.5) is 0 Å². The van der Waals surface area contributed by atoms with Gasteiger partial charge in [-0.3, -0.25) is 0 Å². The summed E-state index contributed by atoms with van der Waals surface area (Å²) in [5.41, 5.74) is 2.77. The minimum atomic E-state index is -3.66. The van der Waals surface area contributed by atoms with Crippen LogP contribution >= 0.6 is 0 Å². The van der Waals surface area contributed by atoms with Gasteiger partial charge in [0.05, 0.1) is 17.6 Å². The van der Waals surface area contributed by atoms with E-state index >= 15 is 0 Å². The highest BCUT2D eigenvalue weighted by Crippen LogP contribution is 2.32. The molecule has 0 fully saturated rings. The molecule has 3 rings (SSSR count). The van der Waals surface area contributed by atoms with Crippen molar-refractivity contribution in [1.82, 2.24) is 5.32 Å². The van der Waals surface area contributed by atoms with E-state index in [-0.39, 0.29) is 4.90 Å². The van der Waals surface area contributed by atoms with Crippen molar-refractivity contribution < 1.29 is 27.7 Å². The Morgan fingerprint density at radius 2 is 1.86 bits per heavy atom. The summed E-state index contributed by atoms with van der Waals surface area (Å²) < 4.78 is 40.0. The van der Waals surface area contributed by atoms with Crippen molar-refractivity contribution in [3.63, 3.8) is 0 Å². The number of fused-ring (bicyclic) bond motifs is 1. The van der Waals surface area contributed by atoms with Crippen LogP contribution < -0.4 is 15.2 Å². The van der Waals surface area contributed by atoms with E-state index in [9.17, 15) is 13.5 Å². The Labute approximate surface area is 215 Å². The van der Waals surface area contributed by atoms with Crippen LogP contribution in [0.15, 0.2) is 47.4 Å². The number of sulfonamides is 1. The maximum Gasteiger partial charge on any atom is 0.238 e. The molecule has 4 N–H and O–H groups in total. The second-order valence-corrected chi connectivity index (χ2v) is 11.3. The van der Waals surface area contributed by atoms with Crippen LogP contribution in [0.25, 0.3) is 0 Å². The van der Waals surface area contributed by atoms with Crippen LogP contribution in [0, 0.1) is 0 Å². The normalized spacial score (nSPS) is 15.8. The molecule has 1 heterocycles. The number of hydrogen-bond acceptors (Lipinski definition) is 7. The smallest absolute Gasteiger partial charge is 0.238 e. The molecule has 0 radical (unpaired) electrons. The summed E-state index contributed by atoms with van der Waals surface area (Å²) in [6.45, 7) is 7.01. The maximum atomic E-state index is 11.4. The summed E-state index contributed by atoms with van der Waals surface area (Å²) in [7, 11) is -3.66. The highest BCUT2D eigenvalue weighted by molar-refractivity contribution is 7.89. The predicted molar refractivity (Wildman–Crippen MR) is 139 cm³/mol. The lowest BCUT2D eigenvalue weighted by Gasteiger charge is -2.33. The zero-order valence-corrected chi connectivity index (χ0v) is 22.2. The van der Waals surface area contributed by atoms with Gasteiger partial charge in [0.15, 0.2) is 0 Å². The quantitative estimate of drug-likeness (QED) is 0.305. The fraction of sp³-hybridized carbons (Fsp3) is 0.556. The molecule has 0 saturated carbocycles. The van der Waals surface area contributed by atoms with Gasteiger partial charge in [0.25, 0.3) is 0 Å². The number of ether oxygens (including phenoxy) is 3. The molecule has 200 valence electrons. The van der Waals surface area contributed by atoms with Crippen LogP contribution in [0.2, 0.25) is 0 Å². The van der Waals surface area contributed by atoms with Gasteiger partial charge >= 0.3 is 0 Å². The van der Waals surface area contributed by atoms with Gasteiger partial charge in [-0.25, -0.2) is 13.6 Å². The van der Waals surface area contributed by atoms with Gasteiger partial charge in [0, 0.05) is 39.2 Å². The molecule has 2 aromatic rings. The van der Waals surface area contributed by atoms with Crippen molar-refractivity contribution in [2.45, 2.75) is 75.8 Å². The highest BCUT2D eigenvalue weighted by atomic mass is 32.2. The number of aliphatic hydroxyl groups excluding tert-OH is 1. The van der Waals surface area contributed by atoms with Crippen molar-refractivity contribution in [2.75, 3.05) is 26.3 Å². The molecule has 1 aliphatic rings. The van der Waals surface area contributed by atoms with Gasteiger partial charge in [-0.1, -0.05) is 31.0 Å². The molecule has 0 spiro atoms. The minimum Gasteiger partial charge on any atom is -0.463 e. The van der Waals surface area contributed by atoms with Gasteiger partial charge in [-0.2, -0.15) is 0 Å². The lowest BCUT2D eigenvalue weighted by Crippen LogP contribution is -2.35. The van der Waals surface area contributed by atoms with Crippen LogP contribution in [0.5, 0.6) is 5.75 Å². The first-order chi connectivity index (χ1) is 17.1. The number of nitrogens with two attached hydrogens (primary N) is 1. The summed E-state index contributed by atoms with van der Waals surface area (Å²) in [6.07, 6.45) is 5.29. The predicted octanol–water partition coefficient (Wildman–Crippen LogP) is 3.81. The Hall–Kier alpha value is -2.01. The Bertz CT molecular complexity index is 1070. The Kier molecular flexibility index (Phi) is 10.7. The number of primary sulfonamides is 1. The molecule has 1 aliphatic heterocycles. The van der Waals surface area contributed by atoms with E-state index in [1.807, 2.05) is 38.1 Å². The zero-order valence-electron chi connectivity index (χ0n) is 21.4. The Morgan fingerprint density at radius 1 is 1.08 bits per heavy atom. The first-order valence-electron chi connectivity index (χ1n) is 12.7. The van der Waals surface area contributed by atoms with Crippen molar-refractivity contribution in [1.29, 1.82) is 0 Å². The van der Waals surface area contributed by atoms with Gasteiger partial charge < -0.3 is 24.6 Å². The van der Waals surface area contributed by atoms with Gasteiger partial charge in [0.1, 0.15) is 5.75 Å². The average molecular weight is 521 g/mol. The second kappa shape index (κ2) is 13.5. The van der Waals surface area contributed by atoms with Crippen molar-refractivity contribution in [3.8, 4) is 5.75 Å².